The third kappa shape index (κ3) is 4.03. The number of nitrogens with two attached hydrogens (primary N) is 1. The molecule has 2 aromatic carbocycles. The fourth-order valence-electron chi connectivity index (χ4n) is 1.66. The van der Waals surface area contributed by atoms with Gasteiger partial charge in [-0.05, 0) is 37.3 Å². The number of carbonyl (C=O) groups excluding carboxylic acids is 1. The molecule has 1 amide bonds. The van der Waals surface area contributed by atoms with Crippen molar-refractivity contribution >= 4 is 40.5 Å². The van der Waals surface area contributed by atoms with E-state index in [-0.39, 0.29) is 5.91 Å². The third-order valence-corrected chi connectivity index (χ3v) is 3.34. The van der Waals surface area contributed by atoms with Gasteiger partial charge in [0.2, 0.25) is 0 Å². The SMILES string of the molecule is CC(Oc1ccccc1N)C(=O)Nc1cc(Cl)ccc1Cl. The summed E-state index contributed by atoms with van der Waals surface area (Å²) in [5.41, 5.74) is 6.68. The van der Waals surface area contributed by atoms with Crippen molar-refractivity contribution in [3.63, 3.8) is 0 Å². The zero-order chi connectivity index (χ0) is 15.4. The summed E-state index contributed by atoms with van der Waals surface area (Å²) >= 11 is 11.9. The molecule has 0 aromatic heterocycles. The lowest BCUT2D eigenvalue weighted by atomic mass is 10.2. The number of halogens is 2. The average molecular weight is 325 g/mol. The van der Waals surface area contributed by atoms with Crippen LogP contribution in [-0.2, 0) is 4.79 Å². The van der Waals surface area contributed by atoms with Crippen LogP contribution in [0.25, 0.3) is 0 Å². The molecule has 21 heavy (non-hydrogen) atoms. The summed E-state index contributed by atoms with van der Waals surface area (Å²) < 4.78 is 5.54. The first-order chi connectivity index (χ1) is 9.97. The zero-order valence-electron chi connectivity index (χ0n) is 11.3. The number of hydrogen-bond donors (Lipinski definition) is 2. The predicted molar refractivity (Wildman–Crippen MR) is 86.0 cm³/mol. The maximum atomic E-state index is 12.1. The van der Waals surface area contributed by atoms with E-state index in [9.17, 15) is 4.79 Å². The Bertz CT molecular complexity index is 662. The van der Waals surface area contributed by atoms with Crippen LogP contribution in [0.3, 0.4) is 0 Å². The largest absolute Gasteiger partial charge is 0.479 e. The van der Waals surface area contributed by atoms with E-state index in [1.54, 1.807) is 49.4 Å². The number of amides is 1. The van der Waals surface area contributed by atoms with Gasteiger partial charge < -0.3 is 15.8 Å². The fourth-order valence-corrected chi connectivity index (χ4v) is 2.00. The van der Waals surface area contributed by atoms with Crippen molar-refractivity contribution in [2.75, 3.05) is 11.1 Å². The van der Waals surface area contributed by atoms with Gasteiger partial charge in [0.25, 0.3) is 5.91 Å². The lowest BCUT2D eigenvalue weighted by Gasteiger charge is -2.16. The van der Waals surface area contributed by atoms with Gasteiger partial charge >= 0.3 is 0 Å². The first kappa shape index (κ1) is 15.5. The molecule has 0 aliphatic rings. The fraction of sp³-hybridized carbons (Fsp3) is 0.133. The maximum Gasteiger partial charge on any atom is 0.265 e. The molecule has 0 saturated carbocycles. The lowest BCUT2D eigenvalue weighted by Crippen LogP contribution is -2.30. The molecule has 2 rings (SSSR count). The highest BCUT2D eigenvalue weighted by Gasteiger charge is 2.17. The van der Waals surface area contributed by atoms with E-state index in [4.69, 9.17) is 33.7 Å². The van der Waals surface area contributed by atoms with Gasteiger partial charge in [0, 0.05) is 5.02 Å². The number of para-hydroxylation sites is 2. The number of nitrogen functional groups attached to an aromatic ring is 1. The minimum atomic E-state index is -0.732. The van der Waals surface area contributed by atoms with Crippen LogP contribution < -0.4 is 15.8 Å². The summed E-state index contributed by atoms with van der Waals surface area (Å²) in [5.74, 6) is 0.111. The van der Waals surface area contributed by atoms with E-state index in [1.807, 2.05) is 0 Å². The molecule has 0 aliphatic carbocycles. The molecule has 0 saturated heterocycles. The van der Waals surface area contributed by atoms with Crippen LogP contribution in [0.2, 0.25) is 10.0 Å². The summed E-state index contributed by atoms with van der Waals surface area (Å²) in [6, 6.07) is 11.8. The van der Waals surface area contributed by atoms with Gasteiger partial charge in [0.05, 0.1) is 16.4 Å². The summed E-state index contributed by atoms with van der Waals surface area (Å²) in [7, 11) is 0. The summed E-state index contributed by atoms with van der Waals surface area (Å²) in [4.78, 5) is 12.1. The van der Waals surface area contributed by atoms with Gasteiger partial charge in [-0.3, -0.25) is 4.79 Å². The number of carbonyl (C=O) groups is 1. The molecule has 110 valence electrons. The highest BCUT2D eigenvalue weighted by Crippen LogP contribution is 2.26. The van der Waals surface area contributed by atoms with Crippen molar-refractivity contribution in [1.29, 1.82) is 0 Å². The van der Waals surface area contributed by atoms with Crippen molar-refractivity contribution in [2.24, 2.45) is 0 Å². The van der Waals surface area contributed by atoms with Gasteiger partial charge in [0.15, 0.2) is 6.10 Å². The molecule has 1 atom stereocenters. The Morgan fingerprint density at radius 2 is 1.95 bits per heavy atom. The Morgan fingerprint density at radius 3 is 2.67 bits per heavy atom. The molecule has 0 bridgehead atoms. The highest BCUT2D eigenvalue weighted by atomic mass is 35.5. The second kappa shape index (κ2) is 6.70. The monoisotopic (exact) mass is 324 g/mol. The van der Waals surface area contributed by atoms with Crippen molar-refractivity contribution in [1.82, 2.24) is 0 Å². The van der Waals surface area contributed by atoms with Crippen LogP contribution in [0.4, 0.5) is 11.4 Å². The molecule has 2 aromatic rings. The normalized spacial score (nSPS) is 11.8. The summed E-state index contributed by atoms with van der Waals surface area (Å²) in [6.45, 7) is 1.63. The minimum Gasteiger partial charge on any atom is -0.479 e. The first-order valence-electron chi connectivity index (χ1n) is 6.24. The Kier molecular flexibility index (Phi) is 4.94. The number of hydrogen-bond acceptors (Lipinski definition) is 3. The molecule has 0 fully saturated rings. The van der Waals surface area contributed by atoms with Gasteiger partial charge in [-0.25, -0.2) is 0 Å². The number of ether oxygens (including phenoxy) is 1. The zero-order valence-corrected chi connectivity index (χ0v) is 12.8. The van der Waals surface area contributed by atoms with E-state index < -0.39 is 6.10 Å². The Balaban J connectivity index is 2.06. The summed E-state index contributed by atoms with van der Waals surface area (Å²) in [5, 5.41) is 3.55. The average Bonchev–Trinajstić information content (AvgIpc) is 2.45. The number of benzene rings is 2. The topological polar surface area (TPSA) is 64.3 Å². The standard InChI is InChI=1S/C15H14Cl2N2O2/c1-9(21-14-5-3-2-4-12(14)18)15(20)19-13-8-10(16)6-7-11(13)17/h2-9H,18H2,1H3,(H,19,20). The van der Waals surface area contributed by atoms with E-state index in [0.29, 0.717) is 27.2 Å². The molecular weight excluding hydrogens is 311 g/mol. The molecule has 0 radical (unpaired) electrons. The second-order valence-electron chi connectivity index (χ2n) is 4.41. The van der Waals surface area contributed by atoms with E-state index in [2.05, 4.69) is 5.32 Å². The Morgan fingerprint density at radius 1 is 1.24 bits per heavy atom. The maximum absolute atomic E-state index is 12.1. The predicted octanol–water partition coefficient (Wildman–Crippen LogP) is 3.98. The van der Waals surface area contributed by atoms with Crippen molar-refractivity contribution in [3.8, 4) is 5.75 Å². The highest BCUT2D eigenvalue weighted by molar-refractivity contribution is 6.35. The van der Waals surface area contributed by atoms with E-state index in [1.165, 1.54) is 0 Å². The Hall–Kier alpha value is -1.91. The smallest absolute Gasteiger partial charge is 0.265 e. The van der Waals surface area contributed by atoms with Crippen LogP contribution in [-0.4, -0.2) is 12.0 Å². The van der Waals surface area contributed by atoms with Crippen LogP contribution in [0, 0.1) is 0 Å². The summed E-state index contributed by atoms with van der Waals surface area (Å²) in [6.07, 6.45) is -0.732. The molecular formula is C15H14Cl2N2O2. The molecule has 0 aliphatic heterocycles. The molecule has 6 heteroatoms. The molecule has 0 heterocycles. The Labute approximate surface area is 132 Å². The molecule has 3 N–H and O–H groups in total. The number of anilines is 2. The van der Waals surface area contributed by atoms with Gasteiger partial charge in [0.1, 0.15) is 5.75 Å². The molecule has 4 nitrogen and oxygen atoms in total. The lowest BCUT2D eigenvalue weighted by molar-refractivity contribution is -0.122. The molecule has 0 spiro atoms. The van der Waals surface area contributed by atoms with Crippen LogP contribution in [0.1, 0.15) is 6.92 Å². The van der Waals surface area contributed by atoms with Crippen LogP contribution >= 0.6 is 23.2 Å². The number of rotatable bonds is 4. The van der Waals surface area contributed by atoms with Crippen molar-refractivity contribution in [3.05, 3.63) is 52.5 Å². The minimum absolute atomic E-state index is 0.345. The van der Waals surface area contributed by atoms with Crippen molar-refractivity contribution < 1.29 is 9.53 Å². The quantitative estimate of drug-likeness (QED) is 0.836. The second-order valence-corrected chi connectivity index (χ2v) is 5.25. The molecule has 1 unspecified atom stereocenters. The van der Waals surface area contributed by atoms with Gasteiger partial charge in [-0.2, -0.15) is 0 Å². The van der Waals surface area contributed by atoms with Gasteiger partial charge in [-0.15, -0.1) is 0 Å². The van der Waals surface area contributed by atoms with Crippen molar-refractivity contribution in [2.45, 2.75) is 13.0 Å². The van der Waals surface area contributed by atoms with E-state index in [0.717, 1.165) is 0 Å². The number of nitrogens with one attached hydrogen (secondary N) is 1. The van der Waals surface area contributed by atoms with Gasteiger partial charge in [-0.1, -0.05) is 35.3 Å². The first-order valence-corrected chi connectivity index (χ1v) is 7.00. The third-order valence-electron chi connectivity index (χ3n) is 2.78. The van der Waals surface area contributed by atoms with Crippen LogP contribution in [0.5, 0.6) is 5.75 Å². The van der Waals surface area contributed by atoms with Crippen LogP contribution in [0.15, 0.2) is 42.5 Å². The van der Waals surface area contributed by atoms with E-state index >= 15 is 0 Å².